The van der Waals surface area contributed by atoms with Gasteiger partial charge in [-0.3, -0.25) is 4.98 Å². The first kappa shape index (κ1) is 18.1. The van der Waals surface area contributed by atoms with Crippen LogP contribution in [0.25, 0.3) is 0 Å². The summed E-state index contributed by atoms with van der Waals surface area (Å²) in [5.74, 6) is 0.309. The highest BCUT2D eigenvalue weighted by atomic mass is 16.3. The summed E-state index contributed by atoms with van der Waals surface area (Å²) in [7, 11) is 0. The van der Waals surface area contributed by atoms with Gasteiger partial charge in [-0.05, 0) is 74.2 Å². The van der Waals surface area contributed by atoms with Gasteiger partial charge >= 0.3 is 0 Å². The SMILES string of the molecule is Oc1ccc2c(c1)C13CCNC(C2)C1(O)CCN(CCc1ccccn1)CC3. The van der Waals surface area contributed by atoms with E-state index in [1.807, 2.05) is 24.4 Å². The minimum atomic E-state index is -0.758. The quantitative estimate of drug-likeness (QED) is 0.761. The van der Waals surface area contributed by atoms with Crippen LogP contribution >= 0.6 is 0 Å². The lowest BCUT2D eigenvalue weighted by Gasteiger charge is -2.58. The van der Waals surface area contributed by atoms with E-state index in [0.29, 0.717) is 5.75 Å². The molecule has 5 heteroatoms. The number of hydrogen-bond acceptors (Lipinski definition) is 5. The van der Waals surface area contributed by atoms with Crippen molar-refractivity contribution >= 4 is 0 Å². The van der Waals surface area contributed by atoms with Crippen molar-refractivity contribution in [2.45, 2.75) is 49.2 Å². The van der Waals surface area contributed by atoms with Crippen LogP contribution in [0.1, 0.15) is 36.1 Å². The van der Waals surface area contributed by atoms with Crippen LogP contribution in [0.4, 0.5) is 0 Å². The molecule has 3 atom stereocenters. The zero-order valence-electron chi connectivity index (χ0n) is 16.3. The molecule has 1 aromatic heterocycles. The molecule has 0 amide bonds. The number of benzene rings is 1. The summed E-state index contributed by atoms with van der Waals surface area (Å²) in [6, 6.07) is 11.9. The van der Waals surface area contributed by atoms with Crippen molar-refractivity contribution < 1.29 is 10.2 Å². The Bertz CT molecular complexity index is 858. The summed E-state index contributed by atoms with van der Waals surface area (Å²) >= 11 is 0. The van der Waals surface area contributed by atoms with Crippen LogP contribution in [0.15, 0.2) is 42.6 Å². The van der Waals surface area contributed by atoms with Gasteiger partial charge in [0.2, 0.25) is 0 Å². The lowest BCUT2D eigenvalue weighted by molar-refractivity contribution is -0.102. The molecule has 0 spiro atoms. The van der Waals surface area contributed by atoms with Crippen molar-refractivity contribution in [3.8, 4) is 5.75 Å². The van der Waals surface area contributed by atoms with Gasteiger partial charge in [0.25, 0.3) is 0 Å². The number of likely N-dealkylation sites (tertiary alicyclic amines) is 1. The topological polar surface area (TPSA) is 68.6 Å². The molecule has 2 aliphatic heterocycles. The third-order valence-electron chi connectivity index (χ3n) is 7.46. The lowest BCUT2D eigenvalue weighted by Crippen LogP contribution is -2.70. The molecule has 28 heavy (non-hydrogen) atoms. The van der Waals surface area contributed by atoms with Crippen molar-refractivity contribution in [3.05, 3.63) is 59.4 Å². The van der Waals surface area contributed by atoms with E-state index in [1.165, 1.54) is 11.1 Å². The molecule has 148 valence electrons. The van der Waals surface area contributed by atoms with Gasteiger partial charge in [0.1, 0.15) is 5.75 Å². The zero-order chi connectivity index (χ0) is 19.2. The number of aromatic hydroxyl groups is 1. The van der Waals surface area contributed by atoms with Crippen LogP contribution in [-0.4, -0.2) is 57.9 Å². The molecule has 3 N–H and O–H groups in total. The molecule has 3 aliphatic rings. The van der Waals surface area contributed by atoms with Gasteiger partial charge in [0.15, 0.2) is 0 Å². The van der Waals surface area contributed by atoms with Gasteiger partial charge < -0.3 is 20.4 Å². The molecule has 2 fully saturated rings. The minimum Gasteiger partial charge on any atom is -0.508 e. The minimum absolute atomic E-state index is 0.0917. The highest BCUT2D eigenvalue weighted by Crippen LogP contribution is 2.54. The van der Waals surface area contributed by atoms with E-state index >= 15 is 0 Å². The lowest BCUT2D eigenvalue weighted by atomic mass is 9.53. The molecular formula is C23H29N3O2. The van der Waals surface area contributed by atoms with Crippen LogP contribution in [0.5, 0.6) is 5.75 Å². The van der Waals surface area contributed by atoms with Crippen molar-refractivity contribution in [2.24, 2.45) is 0 Å². The number of piperidine rings is 1. The van der Waals surface area contributed by atoms with E-state index in [4.69, 9.17) is 0 Å². The molecule has 5 rings (SSSR count). The third kappa shape index (κ3) is 2.76. The molecule has 3 heterocycles. The fourth-order valence-electron chi connectivity index (χ4n) is 5.92. The number of aliphatic hydroxyl groups is 1. The highest BCUT2D eigenvalue weighted by molar-refractivity contribution is 5.47. The van der Waals surface area contributed by atoms with Crippen molar-refractivity contribution in [2.75, 3.05) is 26.2 Å². The number of nitrogens with one attached hydrogen (secondary N) is 1. The highest BCUT2D eigenvalue weighted by Gasteiger charge is 2.61. The average molecular weight is 380 g/mol. The number of phenolic OH excluding ortho intramolecular Hbond substituents is 1. The standard InChI is InChI=1S/C23H29N3O2/c27-19-5-4-17-15-21-23(28)9-14-26(12-6-18-3-1-2-10-24-18)13-8-22(23,7-11-25-21)20(17)16-19/h1-5,10,16,21,25,27-28H,6-9,11-15H2. The van der Waals surface area contributed by atoms with Crippen molar-refractivity contribution in [1.82, 2.24) is 15.2 Å². The maximum Gasteiger partial charge on any atom is 0.115 e. The Balaban J connectivity index is 1.44. The molecule has 0 radical (unpaired) electrons. The second-order valence-corrected chi connectivity index (χ2v) is 8.72. The van der Waals surface area contributed by atoms with Crippen molar-refractivity contribution in [1.29, 1.82) is 0 Å². The van der Waals surface area contributed by atoms with Crippen LogP contribution < -0.4 is 5.32 Å². The number of aromatic nitrogens is 1. The number of phenols is 1. The smallest absolute Gasteiger partial charge is 0.115 e. The van der Waals surface area contributed by atoms with Gasteiger partial charge in [-0.2, -0.15) is 0 Å². The summed E-state index contributed by atoms with van der Waals surface area (Å²) in [5, 5.41) is 25.8. The molecule has 5 nitrogen and oxygen atoms in total. The van der Waals surface area contributed by atoms with Gasteiger partial charge in [-0.1, -0.05) is 12.1 Å². The number of nitrogens with zero attached hydrogens (tertiary/aromatic N) is 2. The van der Waals surface area contributed by atoms with E-state index in [0.717, 1.165) is 64.0 Å². The molecule has 1 aromatic carbocycles. The number of rotatable bonds is 3. The monoisotopic (exact) mass is 379 g/mol. The fraction of sp³-hybridized carbons (Fsp3) is 0.522. The summed E-state index contributed by atoms with van der Waals surface area (Å²) in [6.07, 6.45) is 6.24. The van der Waals surface area contributed by atoms with Gasteiger partial charge in [0.05, 0.1) is 5.60 Å². The molecular weight excluding hydrogens is 350 g/mol. The molecule has 1 aliphatic carbocycles. The van der Waals surface area contributed by atoms with E-state index in [-0.39, 0.29) is 11.5 Å². The normalized spacial score (nSPS) is 32.2. The molecule has 0 saturated carbocycles. The van der Waals surface area contributed by atoms with Crippen LogP contribution in [-0.2, 0) is 18.3 Å². The summed E-state index contributed by atoms with van der Waals surface area (Å²) in [4.78, 5) is 6.93. The molecule has 2 saturated heterocycles. The zero-order valence-corrected chi connectivity index (χ0v) is 16.3. The first-order valence-electron chi connectivity index (χ1n) is 10.5. The maximum atomic E-state index is 12.0. The Morgan fingerprint density at radius 1 is 1.14 bits per heavy atom. The maximum absolute atomic E-state index is 12.0. The number of hydrogen-bond donors (Lipinski definition) is 3. The van der Waals surface area contributed by atoms with Crippen molar-refractivity contribution in [3.63, 3.8) is 0 Å². The Labute approximate surface area is 166 Å². The Hall–Kier alpha value is -1.95. The predicted octanol–water partition coefficient (Wildman–Crippen LogP) is 2.01. The summed E-state index contributed by atoms with van der Waals surface area (Å²) in [5.41, 5.74) is 2.55. The summed E-state index contributed by atoms with van der Waals surface area (Å²) < 4.78 is 0. The van der Waals surface area contributed by atoms with Gasteiger partial charge in [-0.15, -0.1) is 0 Å². The van der Waals surface area contributed by atoms with E-state index in [2.05, 4.69) is 27.3 Å². The first-order chi connectivity index (χ1) is 13.6. The van der Waals surface area contributed by atoms with Gasteiger partial charge in [-0.25, -0.2) is 0 Å². The van der Waals surface area contributed by atoms with Crippen LogP contribution in [0, 0.1) is 0 Å². The largest absolute Gasteiger partial charge is 0.508 e. The Morgan fingerprint density at radius 3 is 2.89 bits per heavy atom. The fourth-order valence-corrected chi connectivity index (χ4v) is 5.92. The van der Waals surface area contributed by atoms with E-state index in [1.54, 1.807) is 6.07 Å². The Kier molecular flexibility index (Phi) is 4.42. The summed E-state index contributed by atoms with van der Waals surface area (Å²) in [6.45, 7) is 3.76. The van der Waals surface area contributed by atoms with Crippen LogP contribution in [0.2, 0.25) is 0 Å². The second-order valence-electron chi connectivity index (χ2n) is 8.72. The first-order valence-corrected chi connectivity index (χ1v) is 10.5. The van der Waals surface area contributed by atoms with E-state index in [9.17, 15) is 10.2 Å². The Morgan fingerprint density at radius 2 is 2.04 bits per heavy atom. The third-order valence-corrected chi connectivity index (χ3v) is 7.46. The predicted molar refractivity (Wildman–Crippen MR) is 108 cm³/mol. The molecule has 2 aromatic rings. The molecule has 2 bridgehead atoms. The number of pyridine rings is 1. The second kappa shape index (κ2) is 6.83. The van der Waals surface area contributed by atoms with Crippen LogP contribution in [0.3, 0.4) is 0 Å². The number of fused-ring (bicyclic) bond motifs is 1. The van der Waals surface area contributed by atoms with Gasteiger partial charge in [0, 0.05) is 42.9 Å². The average Bonchev–Trinajstić information content (AvgIpc) is 2.86. The van der Waals surface area contributed by atoms with E-state index < -0.39 is 5.60 Å². The molecule has 3 unspecified atom stereocenters.